The molecule has 0 spiro atoms. The van der Waals surface area contributed by atoms with Gasteiger partial charge in [0.05, 0.1) is 4.91 Å². The molecule has 1 fully saturated rings. The molecule has 0 radical (unpaired) electrons. The van der Waals surface area contributed by atoms with Gasteiger partial charge in [0.1, 0.15) is 15.0 Å². The van der Waals surface area contributed by atoms with Crippen molar-refractivity contribution in [1.29, 1.82) is 0 Å². The van der Waals surface area contributed by atoms with Crippen LogP contribution in [0.1, 0.15) is 19.4 Å². The van der Waals surface area contributed by atoms with Crippen molar-refractivity contribution >= 4 is 62.2 Å². The number of hydrogen-bond acceptors (Lipinski definition) is 5. The van der Waals surface area contributed by atoms with Crippen molar-refractivity contribution in [2.24, 2.45) is 5.92 Å². The van der Waals surface area contributed by atoms with Crippen LogP contribution >= 0.6 is 39.9 Å². The first-order chi connectivity index (χ1) is 10.3. The highest BCUT2D eigenvalue weighted by atomic mass is 79.9. The summed E-state index contributed by atoms with van der Waals surface area (Å²) in [7, 11) is 0. The molecule has 116 valence electrons. The highest BCUT2D eigenvalue weighted by Crippen LogP contribution is 2.35. The summed E-state index contributed by atoms with van der Waals surface area (Å²) in [6.07, 6.45) is 3.28. The van der Waals surface area contributed by atoms with E-state index in [1.165, 1.54) is 4.90 Å². The van der Waals surface area contributed by atoms with Crippen LogP contribution in [0, 0.1) is 5.92 Å². The molecule has 1 N–H and O–H groups in total. The van der Waals surface area contributed by atoms with Gasteiger partial charge in [0.15, 0.2) is 0 Å². The van der Waals surface area contributed by atoms with Crippen LogP contribution in [0.5, 0.6) is 0 Å². The Labute approximate surface area is 145 Å². The maximum atomic E-state index is 12.5. The molecule has 2 rings (SSSR count). The lowest BCUT2D eigenvalue weighted by Crippen LogP contribution is -2.47. The summed E-state index contributed by atoms with van der Waals surface area (Å²) < 4.78 is 0.963. The average Bonchev–Trinajstić information content (AvgIpc) is 2.69. The van der Waals surface area contributed by atoms with Gasteiger partial charge in [0, 0.05) is 6.20 Å². The first-order valence-corrected chi connectivity index (χ1v) is 8.44. The molecule has 1 amide bonds. The van der Waals surface area contributed by atoms with Crippen LogP contribution in [-0.2, 0) is 9.59 Å². The number of carboxylic acid groups (broad SMARTS) is 1. The molecular weight excluding hydrogens is 388 g/mol. The number of hydrogen-bond donors (Lipinski definition) is 1. The van der Waals surface area contributed by atoms with Crippen molar-refractivity contribution in [3.63, 3.8) is 0 Å². The number of aliphatic carboxylic acids is 1. The van der Waals surface area contributed by atoms with Gasteiger partial charge >= 0.3 is 5.97 Å². The Balaban J connectivity index is 2.32. The quantitative estimate of drug-likeness (QED) is 0.475. The van der Waals surface area contributed by atoms with Gasteiger partial charge < -0.3 is 5.11 Å². The van der Waals surface area contributed by atoms with Crippen molar-refractivity contribution in [3.05, 3.63) is 33.4 Å². The topological polar surface area (TPSA) is 70.5 Å². The highest BCUT2D eigenvalue weighted by molar-refractivity contribution is 9.10. The first-order valence-electron chi connectivity index (χ1n) is 6.42. The molecule has 22 heavy (non-hydrogen) atoms. The number of carboxylic acids is 1. The molecule has 1 aliphatic heterocycles. The van der Waals surface area contributed by atoms with E-state index < -0.39 is 12.0 Å². The van der Waals surface area contributed by atoms with Crippen molar-refractivity contribution in [2.45, 2.75) is 19.9 Å². The number of thiocarbonyl (C=S) groups is 1. The number of thioether (sulfide) groups is 1. The van der Waals surface area contributed by atoms with Gasteiger partial charge in [-0.1, -0.05) is 43.9 Å². The Morgan fingerprint density at radius 2 is 2.18 bits per heavy atom. The normalized spacial score (nSPS) is 18.4. The molecule has 0 saturated carbocycles. The molecule has 0 aliphatic carbocycles. The minimum absolute atomic E-state index is 0.242. The Hall–Kier alpha value is -1.25. The third-order valence-electron chi connectivity index (χ3n) is 3.03. The fourth-order valence-electron chi connectivity index (χ4n) is 2.04. The Kier molecular flexibility index (Phi) is 5.36. The van der Waals surface area contributed by atoms with Crippen LogP contribution in [0.3, 0.4) is 0 Å². The maximum Gasteiger partial charge on any atom is 0.327 e. The zero-order valence-electron chi connectivity index (χ0n) is 11.8. The second-order valence-corrected chi connectivity index (χ2v) is 7.48. The second kappa shape index (κ2) is 6.89. The summed E-state index contributed by atoms with van der Waals surface area (Å²) in [5, 5.41) is 9.35. The van der Waals surface area contributed by atoms with E-state index in [0.29, 0.717) is 9.51 Å². The summed E-state index contributed by atoms with van der Waals surface area (Å²) in [6, 6.07) is 2.61. The number of pyridine rings is 1. The number of carbonyl (C=O) groups is 2. The van der Waals surface area contributed by atoms with E-state index in [4.69, 9.17) is 12.2 Å². The minimum Gasteiger partial charge on any atom is -0.480 e. The molecule has 1 unspecified atom stereocenters. The molecular formula is C14H13BrN2O3S2. The summed E-state index contributed by atoms with van der Waals surface area (Å²) in [5.41, 5.74) is 0.750. The summed E-state index contributed by atoms with van der Waals surface area (Å²) in [5.74, 6) is -1.68. The van der Waals surface area contributed by atoms with E-state index in [9.17, 15) is 14.7 Å². The number of carbonyl (C=O) groups excluding carboxylic acids is 1. The number of rotatable bonds is 4. The van der Waals surface area contributed by atoms with E-state index in [1.54, 1.807) is 38.3 Å². The van der Waals surface area contributed by atoms with Gasteiger partial charge in [0.2, 0.25) is 0 Å². The number of nitrogens with zero attached hydrogens (tertiary/aromatic N) is 2. The highest BCUT2D eigenvalue weighted by Gasteiger charge is 2.41. The van der Waals surface area contributed by atoms with Gasteiger partial charge in [-0.2, -0.15) is 0 Å². The van der Waals surface area contributed by atoms with Crippen molar-refractivity contribution in [2.75, 3.05) is 0 Å². The summed E-state index contributed by atoms with van der Waals surface area (Å²) in [6.45, 7) is 3.50. The van der Waals surface area contributed by atoms with Crippen molar-refractivity contribution < 1.29 is 14.7 Å². The third kappa shape index (κ3) is 3.56. The molecule has 1 aromatic heterocycles. The average molecular weight is 401 g/mol. The van der Waals surface area contributed by atoms with Gasteiger partial charge in [-0.25, -0.2) is 9.78 Å². The molecule has 1 atom stereocenters. The van der Waals surface area contributed by atoms with Crippen molar-refractivity contribution in [1.82, 2.24) is 9.88 Å². The predicted octanol–water partition coefficient (Wildman–Crippen LogP) is 3.15. The molecule has 1 aliphatic rings. The van der Waals surface area contributed by atoms with E-state index in [0.717, 1.165) is 17.3 Å². The fourth-order valence-corrected chi connectivity index (χ4v) is 3.60. The molecule has 1 saturated heterocycles. The Morgan fingerprint density at radius 1 is 1.50 bits per heavy atom. The van der Waals surface area contributed by atoms with Crippen LogP contribution in [-0.4, -0.2) is 37.2 Å². The molecule has 0 bridgehead atoms. The minimum atomic E-state index is -1.06. The van der Waals surface area contributed by atoms with Crippen LogP contribution in [0.2, 0.25) is 0 Å². The van der Waals surface area contributed by atoms with Crippen LogP contribution in [0.4, 0.5) is 0 Å². The van der Waals surface area contributed by atoms with E-state index in [1.807, 2.05) is 0 Å². The smallest absolute Gasteiger partial charge is 0.327 e. The number of aromatic nitrogens is 1. The van der Waals surface area contributed by atoms with Gasteiger partial charge in [-0.3, -0.25) is 9.69 Å². The van der Waals surface area contributed by atoms with Crippen LogP contribution < -0.4 is 0 Å². The van der Waals surface area contributed by atoms with Crippen LogP contribution in [0.15, 0.2) is 27.8 Å². The Bertz CT molecular complexity index is 659. The van der Waals surface area contributed by atoms with Gasteiger partial charge in [0.25, 0.3) is 5.91 Å². The molecule has 8 heteroatoms. The maximum absolute atomic E-state index is 12.5. The zero-order valence-corrected chi connectivity index (χ0v) is 15.0. The van der Waals surface area contributed by atoms with E-state index >= 15 is 0 Å². The second-order valence-electron chi connectivity index (χ2n) is 4.99. The summed E-state index contributed by atoms with van der Waals surface area (Å²) >= 11 is 9.54. The monoisotopic (exact) mass is 400 g/mol. The lowest BCUT2D eigenvalue weighted by molar-refractivity contribution is -0.146. The third-order valence-corrected chi connectivity index (χ3v) is 4.83. The van der Waals surface area contributed by atoms with Crippen LogP contribution in [0.25, 0.3) is 6.08 Å². The van der Waals surface area contributed by atoms with Crippen molar-refractivity contribution in [3.8, 4) is 0 Å². The number of halogens is 1. The van der Waals surface area contributed by atoms with Gasteiger partial charge in [-0.15, -0.1) is 0 Å². The largest absolute Gasteiger partial charge is 0.480 e. The first kappa shape index (κ1) is 17.1. The van der Waals surface area contributed by atoms with Gasteiger partial charge in [-0.05, 0) is 39.6 Å². The Morgan fingerprint density at radius 3 is 2.68 bits per heavy atom. The molecule has 0 aromatic carbocycles. The molecule has 2 heterocycles. The van der Waals surface area contributed by atoms with E-state index in [-0.39, 0.29) is 16.1 Å². The molecule has 5 nitrogen and oxygen atoms in total. The predicted molar refractivity (Wildman–Crippen MR) is 93.2 cm³/mol. The standard InChI is InChI=1S/C14H13BrN2O3S2/c1-7(2)11(13(19)20)17-12(18)9(22-14(17)21)5-8-3-4-10(15)16-6-8/h3-7,11H,1-2H3,(H,19,20). The summed E-state index contributed by atoms with van der Waals surface area (Å²) in [4.78, 5) is 29.6. The van der Waals surface area contributed by atoms with E-state index in [2.05, 4.69) is 20.9 Å². The fraction of sp³-hybridized carbons (Fsp3) is 0.286. The zero-order chi connectivity index (χ0) is 16.4. The lowest BCUT2D eigenvalue weighted by atomic mass is 10.0. The number of amides is 1. The lowest BCUT2D eigenvalue weighted by Gasteiger charge is -2.26. The molecule has 1 aromatic rings. The SMILES string of the molecule is CC(C)C(C(=O)O)N1C(=O)C(=Cc2ccc(Br)nc2)SC1=S.